The summed E-state index contributed by atoms with van der Waals surface area (Å²) in [5, 5.41) is 3.16. The van der Waals surface area contributed by atoms with Crippen molar-refractivity contribution < 1.29 is 4.79 Å². The lowest BCUT2D eigenvalue weighted by molar-refractivity contribution is -0.124. The Hall–Kier alpha value is -1.85. The molecule has 1 aliphatic heterocycles. The highest BCUT2D eigenvalue weighted by atomic mass is 16.1. The van der Waals surface area contributed by atoms with Crippen LogP contribution in [-0.2, 0) is 4.79 Å². The van der Waals surface area contributed by atoms with Gasteiger partial charge in [0.25, 0.3) is 0 Å². The van der Waals surface area contributed by atoms with Crippen LogP contribution in [0.2, 0.25) is 0 Å². The maximum atomic E-state index is 12.0. The largest absolute Gasteiger partial charge is 0.354 e. The predicted octanol–water partition coefficient (Wildman–Crippen LogP) is 2.41. The van der Waals surface area contributed by atoms with Gasteiger partial charge in [0.15, 0.2) is 0 Å². The maximum absolute atomic E-state index is 12.0. The Morgan fingerprint density at radius 2 is 2.00 bits per heavy atom. The van der Waals surface area contributed by atoms with Crippen molar-refractivity contribution in [1.29, 1.82) is 0 Å². The second-order valence-electron chi connectivity index (χ2n) is 7.45. The molecule has 1 unspecified atom stereocenters. The van der Waals surface area contributed by atoms with Crippen molar-refractivity contribution in [3.05, 3.63) is 11.8 Å². The fourth-order valence-corrected chi connectivity index (χ4v) is 2.77. The Morgan fingerprint density at radius 1 is 1.29 bits per heavy atom. The van der Waals surface area contributed by atoms with Gasteiger partial charge in [-0.25, -0.2) is 4.98 Å². The summed E-state index contributed by atoms with van der Waals surface area (Å²) in [6.07, 6.45) is 2.08. The number of anilines is 2. The molecule has 24 heavy (non-hydrogen) atoms. The van der Waals surface area contributed by atoms with E-state index < -0.39 is 0 Å². The van der Waals surface area contributed by atoms with E-state index in [0.717, 1.165) is 43.4 Å². The fourth-order valence-electron chi connectivity index (χ4n) is 2.77. The van der Waals surface area contributed by atoms with Gasteiger partial charge in [-0.15, -0.1) is 0 Å². The molecule has 0 radical (unpaired) electrons. The third-order valence-corrected chi connectivity index (χ3v) is 4.33. The number of carbonyl (C=O) groups excluding carboxylic acids is 1. The number of piperidine rings is 1. The number of aromatic nitrogens is 2. The predicted molar refractivity (Wildman–Crippen MR) is 98.7 cm³/mol. The van der Waals surface area contributed by atoms with Gasteiger partial charge in [-0.2, -0.15) is 4.98 Å². The number of amides is 1. The first-order chi connectivity index (χ1) is 11.3. The first-order valence-corrected chi connectivity index (χ1v) is 8.89. The average molecular weight is 333 g/mol. The summed E-state index contributed by atoms with van der Waals surface area (Å²) in [7, 11) is 3.93. The van der Waals surface area contributed by atoms with Gasteiger partial charge in [0.2, 0.25) is 11.9 Å². The molecule has 0 aromatic carbocycles. The SMILES string of the molecule is CC(C)C(=O)NC1CCCN(c2cc(C(C)C)nc(N(C)C)n2)C1. The van der Waals surface area contributed by atoms with E-state index in [1.807, 2.05) is 32.8 Å². The molecule has 1 amide bonds. The first kappa shape index (κ1) is 18.5. The van der Waals surface area contributed by atoms with Crippen molar-refractivity contribution in [1.82, 2.24) is 15.3 Å². The van der Waals surface area contributed by atoms with Crippen LogP contribution < -0.4 is 15.1 Å². The van der Waals surface area contributed by atoms with Crippen LogP contribution in [0.15, 0.2) is 6.07 Å². The van der Waals surface area contributed by atoms with Crippen molar-refractivity contribution in [2.24, 2.45) is 5.92 Å². The smallest absolute Gasteiger partial charge is 0.227 e. The minimum Gasteiger partial charge on any atom is -0.354 e. The van der Waals surface area contributed by atoms with Crippen LogP contribution in [0.1, 0.15) is 52.1 Å². The van der Waals surface area contributed by atoms with E-state index in [4.69, 9.17) is 4.98 Å². The van der Waals surface area contributed by atoms with Crippen LogP contribution in [-0.4, -0.2) is 49.1 Å². The van der Waals surface area contributed by atoms with Crippen LogP contribution in [0, 0.1) is 5.92 Å². The Balaban J connectivity index is 2.19. The zero-order valence-electron chi connectivity index (χ0n) is 15.8. The third kappa shape index (κ3) is 4.58. The molecule has 0 aliphatic carbocycles. The molecule has 2 heterocycles. The maximum Gasteiger partial charge on any atom is 0.227 e. The van der Waals surface area contributed by atoms with Crippen molar-refractivity contribution in [3.8, 4) is 0 Å². The Bertz CT molecular complexity index is 544. The second-order valence-corrected chi connectivity index (χ2v) is 7.45. The van der Waals surface area contributed by atoms with E-state index >= 15 is 0 Å². The lowest BCUT2D eigenvalue weighted by Crippen LogP contribution is -2.49. The van der Waals surface area contributed by atoms with E-state index in [2.05, 4.69) is 35.1 Å². The normalized spacial score (nSPS) is 18.2. The molecule has 2 rings (SSSR count). The molecule has 1 aliphatic rings. The van der Waals surface area contributed by atoms with Crippen molar-refractivity contribution in [2.75, 3.05) is 37.0 Å². The van der Waals surface area contributed by atoms with E-state index in [1.54, 1.807) is 0 Å². The highest BCUT2D eigenvalue weighted by Crippen LogP contribution is 2.24. The number of nitrogens with zero attached hydrogens (tertiary/aromatic N) is 4. The topological polar surface area (TPSA) is 61.4 Å². The van der Waals surface area contributed by atoms with Crippen molar-refractivity contribution in [2.45, 2.75) is 52.5 Å². The van der Waals surface area contributed by atoms with Gasteiger partial charge in [-0.05, 0) is 18.8 Å². The Morgan fingerprint density at radius 3 is 2.58 bits per heavy atom. The molecule has 1 saturated heterocycles. The van der Waals surface area contributed by atoms with E-state index in [-0.39, 0.29) is 17.9 Å². The third-order valence-electron chi connectivity index (χ3n) is 4.33. The first-order valence-electron chi connectivity index (χ1n) is 8.89. The van der Waals surface area contributed by atoms with Crippen LogP contribution in [0.3, 0.4) is 0 Å². The lowest BCUT2D eigenvalue weighted by Gasteiger charge is -2.34. The van der Waals surface area contributed by atoms with E-state index in [0.29, 0.717) is 5.92 Å². The average Bonchev–Trinajstić information content (AvgIpc) is 2.54. The zero-order valence-corrected chi connectivity index (χ0v) is 15.8. The second kappa shape index (κ2) is 7.81. The van der Waals surface area contributed by atoms with Crippen molar-refractivity contribution in [3.63, 3.8) is 0 Å². The van der Waals surface area contributed by atoms with Crippen molar-refractivity contribution >= 4 is 17.7 Å². The molecular weight excluding hydrogens is 302 g/mol. The molecule has 1 atom stereocenters. The molecule has 134 valence electrons. The molecule has 0 bridgehead atoms. The zero-order chi connectivity index (χ0) is 17.9. The van der Waals surface area contributed by atoms with E-state index in [9.17, 15) is 4.79 Å². The summed E-state index contributed by atoms with van der Waals surface area (Å²) in [6, 6.07) is 2.28. The summed E-state index contributed by atoms with van der Waals surface area (Å²) in [6.45, 7) is 9.92. The molecule has 0 saturated carbocycles. The quantitative estimate of drug-likeness (QED) is 0.896. The Kier molecular flexibility index (Phi) is 6.02. The highest BCUT2D eigenvalue weighted by Gasteiger charge is 2.24. The van der Waals surface area contributed by atoms with Gasteiger partial charge in [0.1, 0.15) is 5.82 Å². The minimum absolute atomic E-state index is 0.0207. The molecular formula is C18H31N5O. The number of hydrogen-bond acceptors (Lipinski definition) is 5. The van der Waals surface area contributed by atoms with Crippen LogP contribution in [0.4, 0.5) is 11.8 Å². The molecule has 1 aromatic rings. The summed E-state index contributed by atoms with van der Waals surface area (Å²) >= 11 is 0. The Labute approximate surface area is 145 Å². The van der Waals surface area contributed by atoms with Gasteiger partial charge in [0.05, 0.1) is 5.69 Å². The van der Waals surface area contributed by atoms with Crippen LogP contribution in [0.25, 0.3) is 0 Å². The summed E-state index contributed by atoms with van der Waals surface area (Å²) in [5.74, 6) is 2.20. The molecule has 0 spiro atoms. The summed E-state index contributed by atoms with van der Waals surface area (Å²) in [4.78, 5) is 25.5. The monoisotopic (exact) mass is 333 g/mol. The number of rotatable bonds is 5. The van der Waals surface area contributed by atoms with Crippen LogP contribution >= 0.6 is 0 Å². The van der Waals surface area contributed by atoms with Crippen LogP contribution in [0.5, 0.6) is 0 Å². The number of hydrogen-bond donors (Lipinski definition) is 1. The standard InChI is InChI=1S/C18H31N5O/c1-12(2)15-10-16(21-18(20-15)22(5)6)23-9-7-8-14(11-23)19-17(24)13(3)4/h10,12-14H,7-9,11H2,1-6H3,(H,19,24). The molecule has 1 aromatic heterocycles. The molecule has 1 N–H and O–H groups in total. The van der Waals surface area contributed by atoms with Gasteiger partial charge in [-0.1, -0.05) is 27.7 Å². The molecule has 6 heteroatoms. The van der Waals surface area contributed by atoms with Gasteiger partial charge in [-0.3, -0.25) is 4.79 Å². The van der Waals surface area contributed by atoms with Gasteiger partial charge >= 0.3 is 0 Å². The van der Waals surface area contributed by atoms with E-state index in [1.165, 1.54) is 0 Å². The number of carbonyl (C=O) groups is 1. The highest BCUT2D eigenvalue weighted by molar-refractivity contribution is 5.78. The summed E-state index contributed by atoms with van der Waals surface area (Å²) < 4.78 is 0. The minimum atomic E-state index is 0.0207. The van der Waals surface area contributed by atoms with Gasteiger partial charge < -0.3 is 15.1 Å². The number of nitrogens with one attached hydrogen (secondary N) is 1. The molecule has 1 fully saturated rings. The molecule has 6 nitrogen and oxygen atoms in total. The fraction of sp³-hybridized carbons (Fsp3) is 0.722. The lowest BCUT2D eigenvalue weighted by atomic mass is 10.0. The summed E-state index contributed by atoms with van der Waals surface area (Å²) in [5.41, 5.74) is 1.05. The van der Waals surface area contributed by atoms with Gasteiger partial charge in [0, 0.05) is 45.2 Å².